The Morgan fingerprint density at radius 2 is 1.45 bits per heavy atom. The lowest BCUT2D eigenvalue weighted by Gasteiger charge is -2.20. The predicted molar refractivity (Wildman–Crippen MR) is 245 cm³/mol. The van der Waals surface area contributed by atoms with E-state index in [2.05, 4.69) is 107 Å². The highest BCUT2D eigenvalue weighted by atomic mass is 15.0. The summed E-state index contributed by atoms with van der Waals surface area (Å²) in [6.45, 7) is 7.12. The fourth-order valence-electron chi connectivity index (χ4n) is 6.95. The van der Waals surface area contributed by atoms with Gasteiger partial charge >= 0.3 is 0 Å². The standard InChI is InChI=1S/C52H44N6/c1-5-6-19-47(53-3)33-46-36-55-29-27-48(46)49-34-43(22-21-37(49)2)45-31-38(30-44(32-45)39-23-25-40(26-24-39)50-20-13-14-28-56-50)35-57-52(42-17-11-8-12-18-42)58-51(54-4)41-15-9-7-10-16-41/h1,6-32,34,55H,4,33,35-36H2,2-3H3/b19-6-,53-47?,57-52?,58-51?. The highest BCUT2D eigenvalue weighted by Gasteiger charge is 2.16. The molecule has 1 aliphatic rings. The predicted octanol–water partition coefficient (Wildman–Crippen LogP) is 11.0. The van der Waals surface area contributed by atoms with Gasteiger partial charge in [0.15, 0.2) is 11.7 Å². The average molecular weight is 753 g/mol. The quantitative estimate of drug-likeness (QED) is 0.0813. The average Bonchev–Trinajstić information content (AvgIpc) is 3.29. The Morgan fingerprint density at radius 1 is 0.776 bits per heavy atom. The third kappa shape index (κ3) is 9.47. The van der Waals surface area contributed by atoms with Crippen molar-refractivity contribution in [3.05, 3.63) is 204 Å². The number of aromatic nitrogens is 1. The second kappa shape index (κ2) is 18.9. The third-order valence-electron chi connectivity index (χ3n) is 9.99. The van der Waals surface area contributed by atoms with Gasteiger partial charge in [-0.3, -0.25) is 15.0 Å². The van der Waals surface area contributed by atoms with Crippen molar-refractivity contribution in [2.75, 3.05) is 13.6 Å². The van der Waals surface area contributed by atoms with E-state index >= 15 is 0 Å². The van der Waals surface area contributed by atoms with Gasteiger partial charge in [0, 0.05) is 48.6 Å². The number of aryl methyl sites for hydroxylation is 1. The lowest BCUT2D eigenvalue weighted by molar-refractivity contribution is 0.908. The molecule has 0 bridgehead atoms. The molecule has 5 aromatic carbocycles. The molecular weight excluding hydrogens is 709 g/mol. The van der Waals surface area contributed by atoms with Gasteiger partial charge in [-0.1, -0.05) is 109 Å². The van der Waals surface area contributed by atoms with Crippen molar-refractivity contribution >= 4 is 29.7 Å². The Kier molecular flexibility index (Phi) is 12.6. The van der Waals surface area contributed by atoms with Gasteiger partial charge in [0.1, 0.15) is 0 Å². The second-order valence-electron chi connectivity index (χ2n) is 13.8. The highest BCUT2D eigenvalue weighted by molar-refractivity contribution is 6.12. The van der Waals surface area contributed by atoms with Crippen molar-refractivity contribution in [2.24, 2.45) is 20.0 Å². The van der Waals surface area contributed by atoms with Crippen LogP contribution in [0, 0.1) is 19.3 Å². The van der Waals surface area contributed by atoms with Gasteiger partial charge < -0.3 is 5.32 Å². The summed E-state index contributed by atoms with van der Waals surface area (Å²) >= 11 is 0. The smallest absolute Gasteiger partial charge is 0.161 e. The van der Waals surface area contributed by atoms with Gasteiger partial charge in [-0.05, 0) is 125 Å². The summed E-state index contributed by atoms with van der Waals surface area (Å²) in [4.78, 5) is 23.5. The van der Waals surface area contributed by atoms with E-state index in [1.165, 1.54) is 22.3 Å². The lowest BCUT2D eigenvalue weighted by Crippen LogP contribution is -2.17. The van der Waals surface area contributed by atoms with E-state index in [1.807, 2.05) is 104 Å². The first-order chi connectivity index (χ1) is 28.5. The van der Waals surface area contributed by atoms with Crippen molar-refractivity contribution in [1.82, 2.24) is 10.3 Å². The van der Waals surface area contributed by atoms with Crippen molar-refractivity contribution in [3.8, 4) is 45.9 Å². The Labute approximate surface area is 341 Å². The topological polar surface area (TPSA) is 74.4 Å². The summed E-state index contributed by atoms with van der Waals surface area (Å²) in [6, 6.07) is 47.9. The maximum Gasteiger partial charge on any atom is 0.161 e. The highest BCUT2D eigenvalue weighted by Crippen LogP contribution is 2.34. The number of terminal acetylenes is 1. The van der Waals surface area contributed by atoms with Crippen LogP contribution in [0.4, 0.5) is 0 Å². The number of allylic oxidation sites excluding steroid dienone is 4. The first-order valence-corrected chi connectivity index (χ1v) is 19.2. The monoisotopic (exact) mass is 752 g/mol. The molecular formula is C52H44N6. The van der Waals surface area contributed by atoms with E-state index in [9.17, 15) is 0 Å². The van der Waals surface area contributed by atoms with Crippen LogP contribution in [0.25, 0.3) is 39.1 Å². The van der Waals surface area contributed by atoms with E-state index in [1.54, 1.807) is 6.08 Å². The summed E-state index contributed by atoms with van der Waals surface area (Å²) in [5.41, 5.74) is 14.9. The maximum absolute atomic E-state index is 5.52. The first-order valence-electron chi connectivity index (χ1n) is 19.2. The normalized spacial score (nSPS) is 13.4. The molecule has 0 saturated heterocycles. The van der Waals surface area contributed by atoms with Crippen LogP contribution in [0.5, 0.6) is 0 Å². The molecule has 2 heterocycles. The number of nitrogens with one attached hydrogen (secondary N) is 1. The van der Waals surface area contributed by atoms with Crippen LogP contribution in [-0.4, -0.2) is 42.7 Å². The Morgan fingerprint density at radius 3 is 2.12 bits per heavy atom. The summed E-state index contributed by atoms with van der Waals surface area (Å²) in [5.74, 6) is 3.69. The number of amidine groups is 2. The molecule has 0 spiro atoms. The van der Waals surface area contributed by atoms with Crippen LogP contribution in [0.3, 0.4) is 0 Å². The molecule has 6 aromatic rings. The van der Waals surface area contributed by atoms with Crippen molar-refractivity contribution in [1.29, 1.82) is 0 Å². The van der Waals surface area contributed by atoms with Crippen molar-refractivity contribution < 1.29 is 0 Å². The number of dihydropyridines is 1. The van der Waals surface area contributed by atoms with Crippen molar-refractivity contribution in [3.63, 3.8) is 0 Å². The van der Waals surface area contributed by atoms with Crippen LogP contribution in [-0.2, 0) is 6.54 Å². The van der Waals surface area contributed by atoms with Crippen LogP contribution in [0.15, 0.2) is 196 Å². The zero-order valence-corrected chi connectivity index (χ0v) is 32.8. The molecule has 0 fully saturated rings. The zero-order valence-electron chi connectivity index (χ0n) is 32.8. The molecule has 0 atom stereocenters. The van der Waals surface area contributed by atoms with Gasteiger partial charge in [0.05, 0.1) is 12.2 Å². The summed E-state index contributed by atoms with van der Waals surface area (Å²) in [7, 11) is 1.81. The first kappa shape index (κ1) is 38.8. The third-order valence-corrected chi connectivity index (χ3v) is 9.99. The molecule has 1 aliphatic heterocycles. The van der Waals surface area contributed by atoms with Gasteiger partial charge in [0.2, 0.25) is 0 Å². The maximum atomic E-state index is 5.52. The number of hydrogen-bond acceptors (Lipinski definition) is 4. The molecule has 7 rings (SSSR count). The Bertz CT molecular complexity index is 2620. The molecule has 0 radical (unpaired) electrons. The van der Waals surface area contributed by atoms with Crippen LogP contribution < -0.4 is 5.32 Å². The van der Waals surface area contributed by atoms with Crippen LogP contribution in [0.1, 0.15) is 34.2 Å². The molecule has 0 amide bonds. The molecule has 282 valence electrons. The van der Waals surface area contributed by atoms with Gasteiger partial charge in [0.25, 0.3) is 0 Å². The van der Waals surface area contributed by atoms with E-state index in [-0.39, 0.29) is 0 Å². The number of hydrogen-bond donors (Lipinski definition) is 1. The lowest BCUT2D eigenvalue weighted by atomic mass is 9.88. The number of pyridine rings is 1. The van der Waals surface area contributed by atoms with Crippen LogP contribution in [0.2, 0.25) is 0 Å². The number of aliphatic imine (C=N–C) groups is 4. The van der Waals surface area contributed by atoms with Gasteiger partial charge in [-0.25, -0.2) is 9.98 Å². The molecule has 6 nitrogen and oxygen atoms in total. The molecule has 0 aliphatic carbocycles. The molecule has 0 unspecified atom stereocenters. The van der Waals surface area contributed by atoms with E-state index in [0.29, 0.717) is 24.6 Å². The van der Waals surface area contributed by atoms with E-state index in [4.69, 9.17) is 16.4 Å². The number of benzene rings is 5. The molecule has 1 N–H and O–H groups in total. The minimum atomic E-state index is 0.395. The molecule has 0 saturated carbocycles. The van der Waals surface area contributed by atoms with Crippen molar-refractivity contribution in [2.45, 2.75) is 19.9 Å². The van der Waals surface area contributed by atoms with Crippen LogP contribution >= 0.6 is 0 Å². The van der Waals surface area contributed by atoms with E-state index < -0.39 is 0 Å². The minimum absolute atomic E-state index is 0.395. The minimum Gasteiger partial charge on any atom is -0.387 e. The fraction of sp³-hybridized carbons (Fsp3) is 0.0962. The largest absolute Gasteiger partial charge is 0.387 e. The zero-order chi connectivity index (χ0) is 40.1. The second-order valence-corrected chi connectivity index (χ2v) is 13.8. The van der Waals surface area contributed by atoms with Gasteiger partial charge in [-0.15, -0.1) is 6.42 Å². The summed E-state index contributed by atoms with van der Waals surface area (Å²) < 4.78 is 0. The summed E-state index contributed by atoms with van der Waals surface area (Å²) in [5, 5.41) is 3.40. The summed E-state index contributed by atoms with van der Waals surface area (Å²) in [6.07, 6.45) is 15.8. The van der Waals surface area contributed by atoms with E-state index in [0.717, 1.165) is 62.5 Å². The van der Waals surface area contributed by atoms with Gasteiger partial charge in [-0.2, -0.15) is 0 Å². The molecule has 1 aromatic heterocycles. The Balaban J connectivity index is 1.33. The SMILES string of the molecule is C#C/C=C\C(CC1=C(c2cc(-c3cc(CN=C(N=C(N=C)c4ccccc4)c4ccccc4)cc(-c4ccc(-c5ccccn5)cc4)c3)ccc2C)C=CNC1)=NC. The Hall–Kier alpha value is -7.49. The molecule has 58 heavy (non-hydrogen) atoms. The fourth-order valence-corrected chi connectivity index (χ4v) is 6.95. The molecule has 6 heteroatoms. The number of rotatable bonds is 11. The number of nitrogens with zero attached hydrogens (tertiary/aromatic N) is 5.